The van der Waals surface area contributed by atoms with Crippen LogP contribution in [0.2, 0.25) is 0 Å². The zero-order chi connectivity index (χ0) is 14.5. The summed E-state index contributed by atoms with van der Waals surface area (Å²) in [6, 6.07) is 5.40. The molecule has 1 rings (SSSR count). The molecule has 19 heavy (non-hydrogen) atoms. The lowest BCUT2D eigenvalue weighted by molar-refractivity contribution is 0.0602. The van der Waals surface area contributed by atoms with E-state index in [9.17, 15) is 4.79 Å². The first kappa shape index (κ1) is 15.3. The molecule has 0 atom stereocenters. The van der Waals surface area contributed by atoms with Gasteiger partial charge in [0.2, 0.25) is 0 Å². The lowest BCUT2D eigenvalue weighted by Gasteiger charge is -2.33. The van der Waals surface area contributed by atoms with Crippen molar-refractivity contribution in [1.29, 1.82) is 0 Å². The molecule has 1 aromatic carbocycles. The number of nitrogens with two attached hydrogens (primary N) is 1. The third kappa shape index (κ3) is 3.40. The van der Waals surface area contributed by atoms with Crippen molar-refractivity contribution in [2.75, 3.05) is 18.2 Å². The second-order valence-electron chi connectivity index (χ2n) is 4.76. The Morgan fingerprint density at radius 2 is 1.84 bits per heavy atom. The Morgan fingerprint density at radius 3 is 2.32 bits per heavy atom. The summed E-state index contributed by atoms with van der Waals surface area (Å²) in [6.07, 6.45) is 3.08. The van der Waals surface area contributed by atoms with Gasteiger partial charge in [0.15, 0.2) is 0 Å². The molecule has 3 N–H and O–H groups in total. The van der Waals surface area contributed by atoms with Gasteiger partial charge >= 0.3 is 5.97 Å². The molecule has 0 aliphatic rings. The molecule has 4 nitrogen and oxygen atoms in total. The summed E-state index contributed by atoms with van der Waals surface area (Å²) >= 11 is 0. The minimum absolute atomic E-state index is 0.0590. The van der Waals surface area contributed by atoms with Gasteiger partial charge in [-0.25, -0.2) is 4.79 Å². The van der Waals surface area contributed by atoms with Crippen molar-refractivity contribution in [2.24, 2.45) is 0 Å². The molecular weight excluding hydrogens is 240 g/mol. The quantitative estimate of drug-likeness (QED) is 0.610. The molecule has 0 aliphatic carbocycles. The molecule has 0 aromatic heterocycles. The van der Waals surface area contributed by atoms with Crippen LogP contribution in [0.3, 0.4) is 0 Å². The van der Waals surface area contributed by atoms with E-state index in [1.807, 2.05) is 6.07 Å². The van der Waals surface area contributed by atoms with E-state index in [2.05, 4.69) is 26.1 Å². The zero-order valence-corrected chi connectivity index (χ0v) is 12.2. The van der Waals surface area contributed by atoms with Gasteiger partial charge in [0.25, 0.3) is 0 Å². The lowest BCUT2D eigenvalue weighted by atomic mass is 9.89. The molecule has 4 heteroatoms. The molecule has 0 heterocycles. The van der Waals surface area contributed by atoms with Gasteiger partial charge in [-0.1, -0.05) is 20.8 Å². The Kier molecular flexibility index (Phi) is 5.21. The number of benzene rings is 1. The maximum atomic E-state index is 11.6. The van der Waals surface area contributed by atoms with Crippen LogP contribution in [0.15, 0.2) is 18.2 Å². The highest BCUT2D eigenvalue weighted by Gasteiger charge is 2.23. The normalized spacial score (nSPS) is 11.2. The first-order chi connectivity index (χ1) is 9.01. The average molecular weight is 264 g/mol. The van der Waals surface area contributed by atoms with Crippen LogP contribution in [0.5, 0.6) is 0 Å². The highest BCUT2D eigenvalue weighted by atomic mass is 16.5. The maximum absolute atomic E-state index is 11.6. The average Bonchev–Trinajstić information content (AvgIpc) is 2.46. The molecular formula is C15H24N2O2. The minimum Gasteiger partial charge on any atom is -0.465 e. The van der Waals surface area contributed by atoms with E-state index < -0.39 is 5.97 Å². The number of methoxy groups -OCH3 is 1. The fourth-order valence-electron chi connectivity index (χ4n) is 2.24. The number of ether oxygens (including phenoxy) is 1. The molecule has 0 saturated heterocycles. The van der Waals surface area contributed by atoms with Crippen LogP contribution in [0.25, 0.3) is 0 Å². The van der Waals surface area contributed by atoms with Gasteiger partial charge in [0.05, 0.1) is 12.7 Å². The molecule has 0 spiro atoms. The summed E-state index contributed by atoms with van der Waals surface area (Å²) < 4.78 is 4.73. The van der Waals surface area contributed by atoms with Gasteiger partial charge in [-0.05, 0) is 37.5 Å². The summed E-state index contributed by atoms with van der Waals surface area (Å²) in [5.74, 6) is -0.406. The van der Waals surface area contributed by atoms with Gasteiger partial charge in [-0.3, -0.25) is 0 Å². The first-order valence-electron chi connectivity index (χ1n) is 6.78. The molecule has 0 bridgehead atoms. The fraction of sp³-hybridized carbons (Fsp3) is 0.533. The van der Waals surface area contributed by atoms with Crippen LogP contribution in [-0.2, 0) is 4.74 Å². The van der Waals surface area contributed by atoms with Crippen LogP contribution >= 0.6 is 0 Å². The monoisotopic (exact) mass is 264 g/mol. The number of hydrogen-bond donors (Lipinski definition) is 2. The Bertz CT molecular complexity index is 432. The van der Waals surface area contributed by atoms with Crippen LogP contribution in [0.4, 0.5) is 11.4 Å². The van der Waals surface area contributed by atoms with Crippen molar-refractivity contribution in [2.45, 2.75) is 45.6 Å². The molecule has 0 radical (unpaired) electrons. The number of hydrogen-bond acceptors (Lipinski definition) is 4. The van der Waals surface area contributed by atoms with E-state index in [1.165, 1.54) is 7.11 Å². The van der Waals surface area contributed by atoms with Gasteiger partial charge in [-0.15, -0.1) is 0 Å². The van der Waals surface area contributed by atoms with E-state index >= 15 is 0 Å². The number of nitrogen functional groups attached to an aromatic ring is 1. The van der Waals surface area contributed by atoms with Crippen molar-refractivity contribution >= 4 is 17.3 Å². The predicted molar refractivity (Wildman–Crippen MR) is 79.4 cm³/mol. The highest BCUT2D eigenvalue weighted by Crippen LogP contribution is 2.27. The van der Waals surface area contributed by atoms with Crippen molar-refractivity contribution in [1.82, 2.24) is 0 Å². The lowest BCUT2D eigenvalue weighted by Crippen LogP contribution is -2.36. The van der Waals surface area contributed by atoms with Crippen LogP contribution in [-0.4, -0.2) is 18.6 Å². The van der Waals surface area contributed by atoms with E-state index in [4.69, 9.17) is 10.5 Å². The summed E-state index contributed by atoms with van der Waals surface area (Å²) in [5.41, 5.74) is 7.61. The molecule has 0 fully saturated rings. The Balaban J connectivity index is 3.06. The smallest absolute Gasteiger partial charge is 0.340 e. The standard InChI is InChI=1S/C15H24N2O2/c1-5-15(6-2,7-3)17-11-8-9-13(16)12(10-11)14(18)19-4/h8-10,17H,5-7,16H2,1-4H3. The third-order valence-electron chi connectivity index (χ3n) is 3.90. The fourth-order valence-corrected chi connectivity index (χ4v) is 2.24. The molecule has 1 aromatic rings. The Labute approximate surface area is 115 Å². The molecule has 0 saturated carbocycles. The first-order valence-corrected chi connectivity index (χ1v) is 6.78. The third-order valence-corrected chi connectivity index (χ3v) is 3.90. The zero-order valence-electron chi connectivity index (χ0n) is 12.2. The largest absolute Gasteiger partial charge is 0.465 e. The van der Waals surface area contributed by atoms with Crippen molar-refractivity contribution < 1.29 is 9.53 Å². The topological polar surface area (TPSA) is 64.3 Å². The Morgan fingerprint density at radius 1 is 1.26 bits per heavy atom. The van der Waals surface area contributed by atoms with E-state index in [0.717, 1.165) is 24.9 Å². The number of carbonyl (C=O) groups is 1. The van der Waals surface area contributed by atoms with E-state index in [0.29, 0.717) is 11.3 Å². The highest BCUT2D eigenvalue weighted by molar-refractivity contribution is 5.96. The van der Waals surface area contributed by atoms with Crippen molar-refractivity contribution in [3.05, 3.63) is 23.8 Å². The van der Waals surface area contributed by atoms with Gasteiger partial charge < -0.3 is 15.8 Å². The van der Waals surface area contributed by atoms with Gasteiger partial charge in [-0.2, -0.15) is 0 Å². The second-order valence-corrected chi connectivity index (χ2v) is 4.76. The van der Waals surface area contributed by atoms with Crippen molar-refractivity contribution in [3.63, 3.8) is 0 Å². The maximum Gasteiger partial charge on any atom is 0.340 e. The summed E-state index contributed by atoms with van der Waals surface area (Å²) in [5, 5.41) is 3.52. The number of nitrogens with one attached hydrogen (secondary N) is 1. The molecule has 0 amide bonds. The SMILES string of the molecule is CCC(CC)(CC)Nc1ccc(N)c(C(=O)OC)c1. The number of esters is 1. The van der Waals surface area contributed by atoms with Gasteiger partial charge in [0.1, 0.15) is 0 Å². The van der Waals surface area contributed by atoms with E-state index in [1.54, 1.807) is 12.1 Å². The van der Waals surface area contributed by atoms with Crippen molar-refractivity contribution in [3.8, 4) is 0 Å². The summed E-state index contributed by atoms with van der Waals surface area (Å²) in [4.78, 5) is 11.6. The minimum atomic E-state index is -0.406. The number of carbonyl (C=O) groups excluding carboxylic acids is 1. The number of anilines is 2. The van der Waals surface area contributed by atoms with Crippen LogP contribution < -0.4 is 11.1 Å². The van der Waals surface area contributed by atoms with E-state index in [-0.39, 0.29) is 5.54 Å². The molecule has 106 valence electrons. The predicted octanol–water partition coefficient (Wildman–Crippen LogP) is 3.44. The van der Waals surface area contributed by atoms with Crippen LogP contribution in [0.1, 0.15) is 50.4 Å². The molecule has 0 unspecified atom stereocenters. The Hall–Kier alpha value is -1.71. The second kappa shape index (κ2) is 6.45. The summed E-state index contributed by atoms with van der Waals surface area (Å²) in [7, 11) is 1.36. The van der Waals surface area contributed by atoms with Crippen LogP contribution in [0, 0.1) is 0 Å². The van der Waals surface area contributed by atoms with Gasteiger partial charge in [0, 0.05) is 16.9 Å². The number of rotatable bonds is 6. The molecule has 0 aliphatic heterocycles. The summed E-state index contributed by atoms with van der Waals surface area (Å²) in [6.45, 7) is 6.50.